The molecule has 1 aromatic heterocycles. The van der Waals surface area contributed by atoms with Gasteiger partial charge in [-0.25, -0.2) is 9.78 Å². The van der Waals surface area contributed by atoms with Gasteiger partial charge in [-0.15, -0.1) is 11.3 Å². The monoisotopic (exact) mass is 396 g/mol. The highest BCUT2D eigenvalue weighted by molar-refractivity contribution is 9.10. The average Bonchev–Trinajstić information content (AvgIpc) is 2.81. The zero-order valence-corrected chi connectivity index (χ0v) is 15.7. The van der Waals surface area contributed by atoms with Crippen LogP contribution in [0.25, 0.3) is 0 Å². The van der Waals surface area contributed by atoms with E-state index in [9.17, 15) is 9.59 Å². The Hall–Kier alpha value is -1.73. The number of benzene rings is 1. The van der Waals surface area contributed by atoms with E-state index in [1.165, 1.54) is 11.3 Å². The Morgan fingerprint density at radius 1 is 1.26 bits per heavy atom. The number of anilines is 1. The van der Waals surface area contributed by atoms with Gasteiger partial charge in [0.05, 0.1) is 16.8 Å². The van der Waals surface area contributed by atoms with Gasteiger partial charge in [-0.05, 0) is 45.9 Å². The molecule has 0 bridgehead atoms. The van der Waals surface area contributed by atoms with Crippen LogP contribution in [0.5, 0.6) is 0 Å². The molecule has 0 aliphatic carbocycles. The molecule has 23 heavy (non-hydrogen) atoms. The van der Waals surface area contributed by atoms with Gasteiger partial charge in [-0.3, -0.25) is 10.1 Å². The first-order valence-corrected chi connectivity index (χ1v) is 8.59. The molecule has 0 spiro atoms. The highest BCUT2D eigenvalue weighted by Crippen LogP contribution is 2.22. The summed E-state index contributed by atoms with van der Waals surface area (Å²) in [5.41, 5.74) is 0.645. The third-order valence-electron chi connectivity index (χ3n) is 2.68. The van der Waals surface area contributed by atoms with Crippen LogP contribution in [0.2, 0.25) is 0 Å². The Morgan fingerprint density at radius 2 is 1.96 bits per heavy atom. The molecule has 1 N–H and O–H groups in total. The summed E-state index contributed by atoms with van der Waals surface area (Å²) in [6.07, 6.45) is 0. The smallest absolute Gasteiger partial charge is 0.339 e. The fourth-order valence-electron chi connectivity index (χ4n) is 1.79. The molecule has 0 saturated heterocycles. The van der Waals surface area contributed by atoms with Crippen molar-refractivity contribution in [3.05, 3.63) is 44.9 Å². The zero-order chi connectivity index (χ0) is 17.2. The topological polar surface area (TPSA) is 68.3 Å². The second-order valence-corrected chi connectivity index (χ2v) is 7.71. The molecular formula is C16H17BrN2O3S. The lowest BCUT2D eigenvalue weighted by Gasteiger charge is -2.20. The molecule has 1 aromatic carbocycles. The summed E-state index contributed by atoms with van der Waals surface area (Å²) in [6, 6.07) is 4.86. The van der Waals surface area contributed by atoms with E-state index in [1.807, 2.05) is 12.3 Å². The lowest BCUT2D eigenvalue weighted by atomic mass is 10.1. The third kappa shape index (κ3) is 4.87. The molecule has 2 rings (SSSR count). The van der Waals surface area contributed by atoms with E-state index in [-0.39, 0.29) is 11.1 Å². The Labute approximate surface area is 147 Å². The first-order valence-electron chi connectivity index (χ1n) is 6.92. The lowest BCUT2D eigenvalue weighted by molar-refractivity contribution is 0.00678. The summed E-state index contributed by atoms with van der Waals surface area (Å²) in [7, 11) is 0. The van der Waals surface area contributed by atoms with E-state index >= 15 is 0 Å². The normalized spacial score (nSPS) is 11.2. The second-order valence-electron chi connectivity index (χ2n) is 5.94. The second kappa shape index (κ2) is 6.80. The number of thiazole rings is 1. The van der Waals surface area contributed by atoms with Crippen LogP contribution in [0.1, 0.15) is 47.2 Å². The minimum absolute atomic E-state index is 0.217. The van der Waals surface area contributed by atoms with Gasteiger partial charge in [0, 0.05) is 9.85 Å². The van der Waals surface area contributed by atoms with Crippen molar-refractivity contribution in [2.24, 2.45) is 0 Å². The molecule has 122 valence electrons. The van der Waals surface area contributed by atoms with Crippen molar-refractivity contribution in [3.8, 4) is 0 Å². The van der Waals surface area contributed by atoms with E-state index in [4.69, 9.17) is 4.74 Å². The third-order valence-corrected chi connectivity index (χ3v) is 4.05. The minimum atomic E-state index is -0.635. The summed E-state index contributed by atoms with van der Waals surface area (Å²) in [5.74, 6) is -0.938. The molecular weight excluding hydrogens is 380 g/mol. The fraction of sp³-hybridized carbons (Fsp3) is 0.312. The Morgan fingerprint density at radius 3 is 2.52 bits per heavy atom. The number of carbonyl (C=O) groups is 2. The Kier molecular flexibility index (Phi) is 5.21. The van der Waals surface area contributed by atoms with E-state index in [2.05, 4.69) is 26.2 Å². The van der Waals surface area contributed by atoms with Gasteiger partial charge in [0.1, 0.15) is 5.60 Å². The van der Waals surface area contributed by atoms with E-state index in [1.54, 1.807) is 39.0 Å². The maximum absolute atomic E-state index is 12.5. The van der Waals surface area contributed by atoms with Gasteiger partial charge in [-0.2, -0.15) is 0 Å². The number of halogens is 1. The largest absolute Gasteiger partial charge is 0.456 e. The van der Waals surface area contributed by atoms with Crippen LogP contribution >= 0.6 is 27.3 Å². The molecule has 5 nitrogen and oxygen atoms in total. The van der Waals surface area contributed by atoms with Gasteiger partial charge in [0.2, 0.25) is 0 Å². The summed E-state index contributed by atoms with van der Waals surface area (Å²) in [6.45, 7) is 7.18. The molecule has 7 heteroatoms. The highest BCUT2D eigenvalue weighted by Gasteiger charge is 2.23. The molecule has 0 fully saturated rings. The van der Waals surface area contributed by atoms with Crippen LogP contribution in [0.4, 0.5) is 5.13 Å². The van der Waals surface area contributed by atoms with Crippen molar-refractivity contribution in [1.82, 2.24) is 4.98 Å². The number of hydrogen-bond acceptors (Lipinski definition) is 5. The molecule has 0 atom stereocenters. The number of carbonyl (C=O) groups excluding carboxylic acids is 2. The van der Waals surface area contributed by atoms with Crippen molar-refractivity contribution in [2.45, 2.75) is 33.3 Å². The SMILES string of the molecule is Cc1csc(NC(=O)c2cc(Br)ccc2C(=O)OC(C)(C)C)n1. The van der Waals surface area contributed by atoms with Crippen molar-refractivity contribution in [2.75, 3.05) is 5.32 Å². The van der Waals surface area contributed by atoms with E-state index in [0.717, 1.165) is 5.69 Å². The van der Waals surface area contributed by atoms with Gasteiger partial charge < -0.3 is 4.74 Å². The molecule has 0 radical (unpaired) electrons. The van der Waals surface area contributed by atoms with Crippen molar-refractivity contribution < 1.29 is 14.3 Å². The van der Waals surface area contributed by atoms with Crippen LogP contribution in [0.15, 0.2) is 28.1 Å². The summed E-state index contributed by atoms with van der Waals surface area (Å²) >= 11 is 4.65. The van der Waals surface area contributed by atoms with Crippen LogP contribution in [-0.2, 0) is 4.74 Å². The van der Waals surface area contributed by atoms with Crippen LogP contribution < -0.4 is 5.32 Å². The standard InChI is InChI=1S/C16H17BrN2O3S/c1-9-8-23-15(18-9)19-13(20)12-7-10(17)5-6-11(12)14(21)22-16(2,3)4/h5-8H,1-4H3,(H,18,19,20). The van der Waals surface area contributed by atoms with E-state index < -0.39 is 17.5 Å². The maximum atomic E-state index is 12.5. The number of rotatable bonds is 3. The maximum Gasteiger partial charge on any atom is 0.339 e. The van der Waals surface area contributed by atoms with Crippen LogP contribution in [-0.4, -0.2) is 22.5 Å². The van der Waals surface area contributed by atoms with Gasteiger partial charge in [0.25, 0.3) is 5.91 Å². The number of nitrogens with zero attached hydrogens (tertiary/aromatic N) is 1. The number of nitrogens with one attached hydrogen (secondary N) is 1. The zero-order valence-electron chi connectivity index (χ0n) is 13.3. The summed E-state index contributed by atoms with van der Waals surface area (Å²) < 4.78 is 6.06. The van der Waals surface area contributed by atoms with Gasteiger partial charge >= 0.3 is 5.97 Å². The van der Waals surface area contributed by atoms with Gasteiger partial charge in [0.15, 0.2) is 5.13 Å². The predicted molar refractivity (Wildman–Crippen MR) is 94.1 cm³/mol. The summed E-state index contributed by atoms with van der Waals surface area (Å²) in [4.78, 5) is 29.0. The number of amides is 1. The average molecular weight is 397 g/mol. The predicted octanol–water partition coefficient (Wildman–Crippen LogP) is 4.42. The fourth-order valence-corrected chi connectivity index (χ4v) is 2.84. The Bertz CT molecular complexity index is 750. The number of aromatic nitrogens is 1. The van der Waals surface area contributed by atoms with Crippen LogP contribution in [0.3, 0.4) is 0 Å². The number of ether oxygens (including phenoxy) is 1. The quantitative estimate of drug-likeness (QED) is 0.779. The lowest BCUT2D eigenvalue weighted by Crippen LogP contribution is -2.26. The van der Waals surface area contributed by atoms with Crippen molar-refractivity contribution in [1.29, 1.82) is 0 Å². The van der Waals surface area contributed by atoms with Gasteiger partial charge in [-0.1, -0.05) is 15.9 Å². The minimum Gasteiger partial charge on any atom is -0.456 e. The number of hydrogen-bond donors (Lipinski definition) is 1. The molecule has 2 aromatic rings. The summed E-state index contributed by atoms with van der Waals surface area (Å²) in [5, 5.41) is 5.03. The number of esters is 1. The van der Waals surface area contributed by atoms with E-state index in [0.29, 0.717) is 9.60 Å². The molecule has 0 saturated carbocycles. The Balaban J connectivity index is 2.31. The first-order chi connectivity index (χ1) is 10.7. The van der Waals surface area contributed by atoms with Crippen molar-refractivity contribution in [3.63, 3.8) is 0 Å². The molecule has 0 aliphatic rings. The highest BCUT2D eigenvalue weighted by atomic mass is 79.9. The first kappa shape index (κ1) is 17.6. The van der Waals surface area contributed by atoms with Crippen molar-refractivity contribution >= 4 is 44.3 Å². The molecule has 1 heterocycles. The molecule has 1 amide bonds. The molecule has 0 aliphatic heterocycles. The number of aryl methyl sites for hydroxylation is 1. The molecule has 0 unspecified atom stereocenters. The van der Waals surface area contributed by atoms with Crippen LogP contribution in [0, 0.1) is 6.92 Å².